The van der Waals surface area contributed by atoms with Gasteiger partial charge in [0.05, 0.1) is 12.7 Å². The van der Waals surface area contributed by atoms with E-state index in [0.717, 1.165) is 25.8 Å². The number of ether oxygens (including phenoxy) is 1. The number of aliphatic hydroxyl groups is 1. The Kier molecular flexibility index (Phi) is 5.05. The van der Waals surface area contributed by atoms with Crippen molar-refractivity contribution < 1.29 is 14.6 Å². The minimum absolute atomic E-state index is 0.145. The first-order chi connectivity index (χ1) is 7.19. The molecule has 88 valence electrons. The highest BCUT2D eigenvalue weighted by molar-refractivity contribution is 5.75. The zero-order valence-corrected chi connectivity index (χ0v) is 9.61. The molecule has 0 aromatic carbocycles. The van der Waals surface area contributed by atoms with Gasteiger partial charge in [0.2, 0.25) is 0 Å². The van der Waals surface area contributed by atoms with Gasteiger partial charge in [0.15, 0.2) is 0 Å². The highest BCUT2D eigenvalue weighted by atomic mass is 16.5. The minimum atomic E-state index is -0.279. The zero-order chi connectivity index (χ0) is 11.3. The van der Waals surface area contributed by atoms with Crippen LogP contribution in [0.15, 0.2) is 0 Å². The highest BCUT2D eigenvalue weighted by Crippen LogP contribution is 2.17. The predicted octanol–water partition coefficient (Wildman–Crippen LogP) is 0.785. The number of aliphatic hydroxyl groups excluding tert-OH is 1. The van der Waals surface area contributed by atoms with E-state index in [2.05, 4.69) is 6.92 Å². The third kappa shape index (κ3) is 3.47. The molecule has 2 atom stereocenters. The van der Waals surface area contributed by atoms with E-state index >= 15 is 0 Å². The van der Waals surface area contributed by atoms with E-state index in [9.17, 15) is 9.90 Å². The fourth-order valence-electron chi connectivity index (χ4n) is 2.01. The molecule has 4 nitrogen and oxygen atoms in total. The van der Waals surface area contributed by atoms with Crippen LogP contribution in [-0.2, 0) is 9.53 Å². The van der Waals surface area contributed by atoms with Crippen LogP contribution < -0.4 is 0 Å². The third-order valence-corrected chi connectivity index (χ3v) is 2.76. The van der Waals surface area contributed by atoms with Crippen molar-refractivity contribution in [2.24, 2.45) is 0 Å². The Bertz CT molecular complexity index is 208. The Morgan fingerprint density at radius 2 is 2.33 bits per heavy atom. The van der Waals surface area contributed by atoms with Crippen LogP contribution in [0.4, 0.5) is 0 Å². The van der Waals surface area contributed by atoms with Gasteiger partial charge in [0, 0.05) is 13.1 Å². The number of β-amino-alcohol motifs (C(OH)–C–C–N with tert-alkyl or cyclic N) is 1. The smallest absolute Gasteiger partial charge is 0.323 e. The second-order valence-corrected chi connectivity index (χ2v) is 3.99. The monoisotopic (exact) mass is 215 g/mol. The topological polar surface area (TPSA) is 49.8 Å². The Labute approximate surface area is 91.2 Å². The lowest BCUT2D eigenvalue weighted by molar-refractivity contribution is -0.149. The largest absolute Gasteiger partial charge is 0.465 e. The number of nitrogens with zero attached hydrogens (tertiary/aromatic N) is 1. The first-order valence-corrected chi connectivity index (χ1v) is 5.77. The van der Waals surface area contributed by atoms with E-state index in [0.29, 0.717) is 13.2 Å². The maximum absolute atomic E-state index is 11.7. The molecule has 1 heterocycles. The van der Waals surface area contributed by atoms with Crippen molar-refractivity contribution in [2.45, 2.75) is 45.3 Å². The number of carbonyl (C=O) groups excluding carboxylic acids is 1. The molecule has 0 aromatic heterocycles. The predicted molar refractivity (Wildman–Crippen MR) is 57.5 cm³/mol. The molecule has 1 aliphatic heterocycles. The van der Waals surface area contributed by atoms with Gasteiger partial charge in [-0.3, -0.25) is 9.69 Å². The van der Waals surface area contributed by atoms with Crippen LogP contribution >= 0.6 is 0 Å². The number of hydrogen-bond donors (Lipinski definition) is 1. The quantitative estimate of drug-likeness (QED) is 0.689. The van der Waals surface area contributed by atoms with E-state index in [-0.39, 0.29) is 18.1 Å². The summed E-state index contributed by atoms with van der Waals surface area (Å²) in [5.41, 5.74) is 0. The number of rotatable bonds is 5. The second kappa shape index (κ2) is 6.08. The Balaban J connectivity index is 2.52. The van der Waals surface area contributed by atoms with Gasteiger partial charge >= 0.3 is 5.97 Å². The molecule has 1 unspecified atom stereocenters. The van der Waals surface area contributed by atoms with E-state index in [4.69, 9.17) is 4.74 Å². The summed E-state index contributed by atoms with van der Waals surface area (Å²) in [6.07, 6.45) is 2.25. The minimum Gasteiger partial charge on any atom is -0.465 e. The van der Waals surface area contributed by atoms with Gasteiger partial charge in [-0.25, -0.2) is 0 Å². The van der Waals surface area contributed by atoms with Crippen molar-refractivity contribution in [3.8, 4) is 0 Å². The molecule has 0 aromatic rings. The molecule has 0 bridgehead atoms. The van der Waals surface area contributed by atoms with Crippen LogP contribution in [0, 0.1) is 0 Å². The van der Waals surface area contributed by atoms with Crippen LogP contribution in [0.5, 0.6) is 0 Å². The van der Waals surface area contributed by atoms with E-state index in [1.165, 1.54) is 0 Å². The fraction of sp³-hybridized carbons (Fsp3) is 0.909. The Morgan fingerprint density at radius 3 is 2.80 bits per heavy atom. The lowest BCUT2D eigenvalue weighted by Crippen LogP contribution is -2.41. The van der Waals surface area contributed by atoms with Crippen LogP contribution in [0.1, 0.15) is 33.1 Å². The second-order valence-electron chi connectivity index (χ2n) is 3.99. The van der Waals surface area contributed by atoms with Crippen molar-refractivity contribution in [2.75, 3.05) is 19.7 Å². The Hall–Kier alpha value is -0.610. The maximum Gasteiger partial charge on any atom is 0.323 e. The van der Waals surface area contributed by atoms with E-state index in [1.54, 1.807) is 0 Å². The molecule has 1 N–H and O–H groups in total. The standard InChI is InChI=1S/C11H21NO3/c1-3-5-10(11(14)15-4-2)12-7-6-9(13)8-12/h9-10,13H,3-8H2,1-2H3/t9-,10?/m1/s1. The van der Waals surface area contributed by atoms with Gasteiger partial charge in [0.1, 0.15) is 6.04 Å². The van der Waals surface area contributed by atoms with Gasteiger partial charge in [-0.05, 0) is 19.8 Å². The molecule has 0 spiro atoms. The molecule has 15 heavy (non-hydrogen) atoms. The van der Waals surface area contributed by atoms with Crippen molar-refractivity contribution in [1.82, 2.24) is 4.90 Å². The molecule has 4 heteroatoms. The first kappa shape index (κ1) is 12.5. The van der Waals surface area contributed by atoms with Gasteiger partial charge in [-0.1, -0.05) is 13.3 Å². The van der Waals surface area contributed by atoms with Crippen molar-refractivity contribution in [1.29, 1.82) is 0 Å². The van der Waals surface area contributed by atoms with Crippen LogP contribution in [-0.4, -0.2) is 47.8 Å². The van der Waals surface area contributed by atoms with Crippen molar-refractivity contribution in [3.05, 3.63) is 0 Å². The molecule has 1 saturated heterocycles. The third-order valence-electron chi connectivity index (χ3n) is 2.76. The molecule has 1 rings (SSSR count). The first-order valence-electron chi connectivity index (χ1n) is 5.77. The maximum atomic E-state index is 11.7. The number of hydrogen-bond acceptors (Lipinski definition) is 4. The lowest BCUT2D eigenvalue weighted by atomic mass is 10.1. The number of carbonyl (C=O) groups is 1. The van der Waals surface area contributed by atoms with Gasteiger partial charge in [0.25, 0.3) is 0 Å². The zero-order valence-electron chi connectivity index (χ0n) is 9.61. The van der Waals surface area contributed by atoms with E-state index in [1.807, 2.05) is 11.8 Å². The number of esters is 1. The van der Waals surface area contributed by atoms with Crippen LogP contribution in [0.25, 0.3) is 0 Å². The van der Waals surface area contributed by atoms with Crippen molar-refractivity contribution in [3.63, 3.8) is 0 Å². The molecule has 0 amide bonds. The van der Waals surface area contributed by atoms with E-state index < -0.39 is 0 Å². The molecule has 1 fully saturated rings. The van der Waals surface area contributed by atoms with Crippen molar-refractivity contribution >= 4 is 5.97 Å². The summed E-state index contributed by atoms with van der Waals surface area (Å²) >= 11 is 0. The summed E-state index contributed by atoms with van der Waals surface area (Å²) in [5.74, 6) is -0.145. The highest BCUT2D eigenvalue weighted by Gasteiger charge is 2.31. The van der Waals surface area contributed by atoms with Gasteiger partial charge in [-0.2, -0.15) is 0 Å². The summed E-state index contributed by atoms with van der Waals surface area (Å²) in [6.45, 7) is 5.70. The normalized spacial score (nSPS) is 24.1. The molecule has 0 saturated carbocycles. The fourth-order valence-corrected chi connectivity index (χ4v) is 2.01. The Morgan fingerprint density at radius 1 is 1.60 bits per heavy atom. The van der Waals surface area contributed by atoms with Gasteiger partial charge in [-0.15, -0.1) is 0 Å². The van der Waals surface area contributed by atoms with Crippen LogP contribution in [0.2, 0.25) is 0 Å². The van der Waals surface area contributed by atoms with Gasteiger partial charge < -0.3 is 9.84 Å². The number of likely N-dealkylation sites (tertiary alicyclic amines) is 1. The SMILES string of the molecule is CCCC(C(=O)OCC)N1CC[C@@H](O)C1. The molecule has 0 aliphatic carbocycles. The summed E-state index contributed by atoms with van der Waals surface area (Å²) in [4.78, 5) is 13.7. The average molecular weight is 215 g/mol. The summed E-state index contributed by atoms with van der Waals surface area (Å²) in [7, 11) is 0. The molecular weight excluding hydrogens is 194 g/mol. The van der Waals surface area contributed by atoms with Crippen LogP contribution in [0.3, 0.4) is 0 Å². The molecule has 0 radical (unpaired) electrons. The average Bonchev–Trinajstić information content (AvgIpc) is 2.61. The lowest BCUT2D eigenvalue weighted by Gasteiger charge is -2.25. The molecule has 1 aliphatic rings. The summed E-state index contributed by atoms with van der Waals surface area (Å²) in [5, 5.41) is 9.43. The molecular formula is C11H21NO3. The summed E-state index contributed by atoms with van der Waals surface area (Å²) in [6, 6.07) is -0.160. The summed E-state index contributed by atoms with van der Waals surface area (Å²) < 4.78 is 5.04.